The molecule has 1 unspecified atom stereocenters. The average Bonchev–Trinajstić information content (AvgIpc) is 3.43. The van der Waals surface area contributed by atoms with Crippen LogP contribution in [-0.2, 0) is 11.8 Å². The fourth-order valence-electron chi connectivity index (χ4n) is 4.50. The lowest BCUT2D eigenvalue weighted by atomic mass is 9.94. The molecule has 4 aromatic rings. The molecule has 2 aromatic carbocycles. The highest BCUT2D eigenvalue weighted by Gasteiger charge is 2.45. The molecule has 31 heavy (non-hydrogen) atoms. The molecule has 0 aliphatic carbocycles. The summed E-state index contributed by atoms with van der Waals surface area (Å²) in [6.07, 6.45) is 2.63. The highest BCUT2D eigenvalue weighted by molar-refractivity contribution is 6.16. The summed E-state index contributed by atoms with van der Waals surface area (Å²) >= 11 is 0. The van der Waals surface area contributed by atoms with Crippen molar-refractivity contribution in [1.82, 2.24) is 9.47 Å². The van der Waals surface area contributed by atoms with Gasteiger partial charge in [0.1, 0.15) is 5.58 Å². The number of rotatable bonds is 5. The van der Waals surface area contributed by atoms with E-state index in [9.17, 15) is 14.7 Å². The predicted molar refractivity (Wildman–Crippen MR) is 118 cm³/mol. The van der Waals surface area contributed by atoms with Crippen molar-refractivity contribution < 1.29 is 19.1 Å². The summed E-state index contributed by atoms with van der Waals surface area (Å²) in [6, 6.07) is 16.1. The summed E-state index contributed by atoms with van der Waals surface area (Å²) in [5, 5.41) is 12.5. The Bertz CT molecular complexity index is 1340. The van der Waals surface area contributed by atoms with Crippen LogP contribution in [0.3, 0.4) is 0 Å². The van der Waals surface area contributed by atoms with Crippen LogP contribution in [0.1, 0.15) is 35.5 Å². The van der Waals surface area contributed by atoms with Gasteiger partial charge in [0.15, 0.2) is 11.5 Å². The number of para-hydroxylation sites is 2. The Labute approximate surface area is 179 Å². The van der Waals surface area contributed by atoms with E-state index in [1.807, 2.05) is 67.2 Å². The highest BCUT2D eigenvalue weighted by Crippen LogP contribution is 2.42. The quantitative estimate of drug-likeness (QED) is 0.471. The van der Waals surface area contributed by atoms with Crippen molar-refractivity contribution in [1.29, 1.82) is 0 Å². The van der Waals surface area contributed by atoms with E-state index in [0.29, 0.717) is 18.5 Å². The monoisotopic (exact) mass is 414 g/mol. The third kappa shape index (κ3) is 2.86. The molecule has 3 heterocycles. The number of nitrogens with zero attached hydrogens (tertiary/aromatic N) is 2. The zero-order valence-corrected chi connectivity index (χ0v) is 17.3. The zero-order valence-electron chi connectivity index (χ0n) is 17.3. The van der Waals surface area contributed by atoms with Crippen molar-refractivity contribution in [2.24, 2.45) is 7.05 Å². The third-order valence-electron chi connectivity index (χ3n) is 5.88. The first-order valence-electron chi connectivity index (χ1n) is 10.3. The van der Waals surface area contributed by atoms with E-state index in [2.05, 4.69) is 0 Å². The summed E-state index contributed by atoms with van der Waals surface area (Å²) in [7, 11) is 1.93. The Hall–Kier alpha value is -3.80. The van der Waals surface area contributed by atoms with E-state index in [-0.39, 0.29) is 11.3 Å². The summed E-state index contributed by atoms with van der Waals surface area (Å²) in [4.78, 5) is 28.1. The van der Waals surface area contributed by atoms with Crippen LogP contribution in [0.4, 0.5) is 0 Å². The van der Waals surface area contributed by atoms with Gasteiger partial charge in [-0.25, -0.2) is 0 Å². The molecule has 1 aliphatic heterocycles. The number of ketones is 1. The van der Waals surface area contributed by atoms with Crippen LogP contribution in [-0.4, -0.2) is 32.8 Å². The number of aliphatic hydroxyl groups excluding tert-OH is 1. The summed E-state index contributed by atoms with van der Waals surface area (Å²) in [5.74, 6) is -1.39. The molecule has 1 atom stereocenters. The lowest BCUT2D eigenvalue weighted by Crippen LogP contribution is -2.31. The van der Waals surface area contributed by atoms with Crippen LogP contribution < -0.4 is 0 Å². The van der Waals surface area contributed by atoms with Gasteiger partial charge in [0.05, 0.1) is 11.6 Å². The van der Waals surface area contributed by atoms with Gasteiger partial charge in [-0.2, -0.15) is 0 Å². The van der Waals surface area contributed by atoms with E-state index < -0.39 is 23.5 Å². The second-order valence-electron chi connectivity index (χ2n) is 7.85. The number of furan rings is 1. The minimum Gasteiger partial charge on any atom is -0.503 e. The lowest BCUT2D eigenvalue weighted by molar-refractivity contribution is -0.129. The normalized spacial score (nSPS) is 16.8. The smallest absolute Gasteiger partial charge is 0.290 e. The molecule has 6 nitrogen and oxygen atoms in total. The fraction of sp³-hybridized carbons (Fsp3) is 0.200. The molecular formula is C25H22N2O4. The number of aliphatic hydroxyl groups is 1. The average molecular weight is 414 g/mol. The maximum atomic E-state index is 13.6. The van der Waals surface area contributed by atoms with Crippen LogP contribution in [0.2, 0.25) is 0 Å². The molecule has 6 heteroatoms. The lowest BCUT2D eigenvalue weighted by Gasteiger charge is -2.25. The van der Waals surface area contributed by atoms with E-state index >= 15 is 0 Å². The molecule has 0 bridgehead atoms. The zero-order chi connectivity index (χ0) is 21.7. The SMILES string of the molecule is CCCN1C(=O)C(O)=C(C(=O)c2cc3ccccc3o2)C1c1cn(C)c2ccccc12. The van der Waals surface area contributed by atoms with Crippen molar-refractivity contribution >= 4 is 33.6 Å². The molecule has 1 amide bonds. The Morgan fingerprint density at radius 2 is 1.87 bits per heavy atom. The molecule has 0 fully saturated rings. The van der Waals surface area contributed by atoms with Crippen molar-refractivity contribution in [3.63, 3.8) is 0 Å². The first kappa shape index (κ1) is 19.2. The number of hydrogen-bond acceptors (Lipinski definition) is 4. The van der Waals surface area contributed by atoms with Gasteiger partial charge in [0.25, 0.3) is 5.91 Å². The number of amides is 1. The van der Waals surface area contributed by atoms with Gasteiger partial charge in [-0.3, -0.25) is 9.59 Å². The Balaban J connectivity index is 1.69. The maximum absolute atomic E-state index is 13.6. The maximum Gasteiger partial charge on any atom is 0.290 e. The molecular weight excluding hydrogens is 392 g/mol. The second-order valence-corrected chi connectivity index (χ2v) is 7.85. The minimum atomic E-state index is -0.681. The number of carbonyl (C=O) groups is 2. The van der Waals surface area contributed by atoms with E-state index in [0.717, 1.165) is 21.9 Å². The van der Waals surface area contributed by atoms with Crippen LogP contribution in [0.25, 0.3) is 21.9 Å². The number of Topliss-reactive ketones (excluding diaryl/α,β-unsaturated/α-hetero) is 1. The summed E-state index contributed by atoms with van der Waals surface area (Å²) in [6.45, 7) is 2.39. The van der Waals surface area contributed by atoms with Gasteiger partial charge in [-0.1, -0.05) is 43.3 Å². The van der Waals surface area contributed by atoms with E-state index in [1.165, 1.54) is 0 Å². The number of aryl methyl sites for hydroxylation is 1. The first-order valence-corrected chi connectivity index (χ1v) is 10.3. The van der Waals surface area contributed by atoms with Crippen LogP contribution in [0.15, 0.2) is 76.5 Å². The molecule has 2 aromatic heterocycles. The van der Waals surface area contributed by atoms with E-state index in [4.69, 9.17) is 4.42 Å². The van der Waals surface area contributed by atoms with Crippen LogP contribution >= 0.6 is 0 Å². The Morgan fingerprint density at radius 3 is 2.65 bits per heavy atom. The summed E-state index contributed by atoms with van der Waals surface area (Å²) in [5.41, 5.74) is 2.45. The number of benzene rings is 2. The van der Waals surface area contributed by atoms with Crippen LogP contribution in [0, 0.1) is 0 Å². The number of fused-ring (bicyclic) bond motifs is 2. The van der Waals surface area contributed by atoms with Crippen molar-refractivity contribution in [2.45, 2.75) is 19.4 Å². The Kier molecular flexibility index (Phi) is 4.43. The molecule has 0 saturated carbocycles. The number of hydrogen-bond donors (Lipinski definition) is 1. The highest BCUT2D eigenvalue weighted by atomic mass is 16.3. The predicted octanol–water partition coefficient (Wildman–Crippen LogP) is 4.91. The first-order chi connectivity index (χ1) is 15.0. The second kappa shape index (κ2) is 7.16. The van der Waals surface area contributed by atoms with Gasteiger partial charge < -0.3 is 19.0 Å². The molecule has 0 saturated heterocycles. The van der Waals surface area contributed by atoms with Gasteiger partial charge in [0, 0.05) is 41.6 Å². The third-order valence-corrected chi connectivity index (χ3v) is 5.88. The van der Waals surface area contributed by atoms with Gasteiger partial charge >= 0.3 is 0 Å². The van der Waals surface area contributed by atoms with Crippen molar-refractivity contribution in [2.75, 3.05) is 6.54 Å². The minimum absolute atomic E-state index is 0.0638. The number of aromatic nitrogens is 1. The molecule has 5 rings (SSSR count). The largest absolute Gasteiger partial charge is 0.503 e. The van der Waals surface area contributed by atoms with E-state index in [1.54, 1.807) is 17.0 Å². The molecule has 1 N–H and O–H groups in total. The van der Waals surface area contributed by atoms with Gasteiger partial charge in [0.2, 0.25) is 5.78 Å². The standard InChI is InChI=1S/C25H22N2O4/c1-3-12-27-22(17-14-26(2)18-10-6-5-9-16(17)18)21(24(29)25(27)30)23(28)20-13-15-8-4-7-11-19(15)31-20/h4-11,13-14,22,29H,3,12H2,1-2H3. The van der Waals surface area contributed by atoms with Crippen molar-refractivity contribution in [3.8, 4) is 0 Å². The molecule has 156 valence electrons. The fourth-order valence-corrected chi connectivity index (χ4v) is 4.50. The van der Waals surface area contributed by atoms with Crippen molar-refractivity contribution in [3.05, 3.63) is 83.5 Å². The summed E-state index contributed by atoms with van der Waals surface area (Å²) < 4.78 is 7.74. The topological polar surface area (TPSA) is 75.7 Å². The number of carbonyl (C=O) groups excluding carboxylic acids is 2. The molecule has 0 radical (unpaired) electrons. The Morgan fingerprint density at radius 1 is 1.13 bits per heavy atom. The molecule has 1 aliphatic rings. The van der Waals surface area contributed by atoms with Crippen LogP contribution in [0.5, 0.6) is 0 Å². The van der Waals surface area contributed by atoms with Gasteiger partial charge in [-0.15, -0.1) is 0 Å². The molecule has 0 spiro atoms. The van der Waals surface area contributed by atoms with Gasteiger partial charge in [-0.05, 0) is 24.6 Å².